The number of hydrogen-bond acceptors (Lipinski definition) is 5. The molecular formula is C19H20ClN3O4S. The van der Waals surface area contributed by atoms with Crippen molar-refractivity contribution in [2.75, 3.05) is 5.32 Å². The van der Waals surface area contributed by atoms with Crippen molar-refractivity contribution >= 4 is 45.4 Å². The lowest BCUT2D eigenvalue weighted by Crippen LogP contribution is -2.20. The molecule has 0 radical (unpaired) electrons. The summed E-state index contributed by atoms with van der Waals surface area (Å²) in [7, 11) is 0. The van der Waals surface area contributed by atoms with Gasteiger partial charge in [-0.2, -0.15) is 0 Å². The first-order valence-electron chi connectivity index (χ1n) is 9.01. The van der Waals surface area contributed by atoms with Crippen LogP contribution in [-0.4, -0.2) is 16.7 Å². The van der Waals surface area contributed by atoms with Crippen LogP contribution >= 0.6 is 22.9 Å². The van der Waals surface area contributed by atoms with Crippen molar-refractivity contribution in [3.05, 3.63) is 54.9 Å². The molecule has 0 fully saturated rings. The molecule has 1 aromatic heterocycles. The fourth-order valence-electron chi connectivity index (χ4n) is 3.63. The number of primary amides is 1. The Kier molecular flexibility index (Phi) is 6.00. The molecule has 1 aromatic carbocycles. The maximum Gasteiger partial charge on any atom is 0.270 e. The quantitative estimate of drug-likeness (QED) is 0.525. The third kappa shape index (κ3) is 4.02. The van der Waals surface area contributed by atoms with Crippen LogP contribution in [0.4, 0.5) is 10.7 Å². The van der Waals surface area contributed by atoms with Crippen LogP contribution in [0.1, 0.15) is 57.3 Å². The Hall–Kier alpha value is -2.45. The summed E-state index contributed by atoms with van der Waals surface area (Å²) in [5.41, 5.74) is 6.57. The lowest BCUT2D eigenvalue weighted by molar-refractivity contribution is -0.384. The van der Waals surface area contributed by atoms with Gasteiger partial charge in [0.2, 0.25) is 0 Å². The Bertz CT molecular complexity index is 957. The number of halogens is 1. The molecule has 9 heteroatoms. The van der Waals surface area contributed by atoms with Crippen LogP contribution in [0.3, 0.4) is 0 Å². The summed E-state index contributed by atoms with van der Waals surface area (Å²) in [5, 5.41) is 14.1. The molecule has 3 rings (SSSR count). The predicted octanol–water partition coefficient (Wildman–Crippen LogP) is 4.57. The predicted molar refractivity (Wildman–Crippen MR) is 109 cm³/mol. The topological polar surface area (TPSA) is 115 Å². The first-order valence-corrected chi connectivity index (χ1v) is 10.2. The smallest absolute Gasteiger partial charge is 0.270 e. The van der Waals surface area contributed by atoms with Gasteiger partial charge in [0, 0.05) is 17.0 Å². The molecular weight excluding hydrogens is 402 g/mol. The normalized spacial score (nSPS) is 15.7. The molecule has 28 heavy (non-hydrogen) atoms. The highest BCUT2D eigenvalue weighted by molar-refractivity contribution is 7.17. The summed E-state index contributed by atoms with van der Waals surface area (Å²) in [6.07, 6.45) is 4.82. The number of nitro benzene ring substituents is 1. The summed E-state index contributed by atoms with van der Waals surface area (Å²) in [6, 6.07) is 3.65. The zero-order valence-electron chi connectivity index (χ0n) is 15.3. The molecule has 2 aromatic rings. The third-order valence-corrected chi connectivity index (χ3v) is 6.44. The summed E-state index contributed by atoms with van der Waals surface area (Å²) >= 11 is 7.40. The number of amides is 2. The van der Waals surface area contributed by atoms with Crippen LogP contribution in [0, 0.1) is 16.0 Å². The monoisotopic (exact) mass is 421 g/mol. The molecule has 1 heterocycles. The highest BCUT2D eigenvalue weighted by Crippen LogP contribution is 2.41. The first kappa shape index (κ1) is 20.3. The minimum absolute atomic E-state index is 0.0264. The van der Waals surface area contributed by atoms with Crippen LogP contribution in [0.15, 0.2) is 18.2 Å². The van der Waals surface area contributed by atoms with Gasteiger partial charge in [-0.15, -0.1) is 11.3 Å². The van der Waals surface area contributed by atoms with Crippen molar-refractivity contribution < 1.29 is 14.5 Å². The van der Waals surface area contributed by atoms with E-state index in [-0.39, 0.29) is 16.3 Å². The number of non-ortho nitro benzene ring substituents is 1. The third-order valence-electron chi connectivity index (χ3n) is 4.94. The minimum Gasteiger partial charge on any atom is -0.365 e. The number of anilines is 1. The van der Waals surface area contributed by atoms with Crippen molar-refractivity contribution in [1.29, 1.82) is 0 Å². The van der Waals surface area contributed by atoms with Gasteiger partial charge in [-0.1, -0.05) is 31.4 Å². The van der Waals surface area contributed by atoms with E-state index in [4.69, 9.17) is 17.3 Å². The summed E-state index contributed by atoms with van der Waals surface area (Å²) in [5.74, 6) is -0.640. The lowest BCUT2D eigenvalue weighted by atomic mass is 9.84. The van der Waals surface area contributed by atoms with Crippen LogP contribution in [0.2, 0.25) is 5.02 Å². The van der Waals surface area contributed by atoms with E-state index in [9.17, 15) is 19.7 Å². The van der Waals surface area contributed by atoms with Crippen molar-refractivity contribution in [1.82, 2.24) is 0 Å². The SMILES string of the molecule is CCC[C@H]1CCc2c(sc(NC(=O)c3cc([N+](=O)[O-])ccc3Cl)c2C(N)=O)C1. The fraction of sp³-hybridized carbons (Fsp3) is 0.368. The Morgan fingerprint density at radius 3 is 2.82 bits per heavy atom. The van der Waals surface area contributed by atoms with E-state index in [0.29, 0.717) is 16.5 Å². The van der Waals surface area contributed by atoms with Crippen LogP contribution in [-0.2, 0) is 12.8 Å². The molecule has 148 valence electrons. The molecule has 1 atom stereocenters. The molecule has 7 nitrogen and oxygen atoms in total. The summed E-state index contributed by atoms with van der Waals surface area (Å²) in [4.78, 5) is 36.2. The van der Waals surface area contributed by atoms with Gasteiger partial charge in [-0.3, -0.25) is 19.7 Å². The molecule has 0 bridgehead atoms. The molecule has 1 aliphatic rings. The number of nitro groups is 1. The van der Waals surface area contributed by atoms with Crippen molar-refractivity contribution in [2.45, 2.75) is 39.0 Å². The maximum atomic E-state index is 12.7. The number of rotatable bonds is 6. The van der Waals surface area contributed by atoms with Gasteiger partial charge in [-0.05, 0) is 36.8 Å². The van der Waals surface area contributed by atoms with Crippen molar-refractivity contribution in [2.24, 2.45) is 11.7 Å². The van der Waals surface area contributed by atoms with E-state index in [0.717, 1.165) is 48.6 Å². The second-order valence-electron chi connectivity index (χ2n) is 6.85. The standard InChI is InChI=1S/C19H20ClN3O4S/c1-2-3-10-4-6-12-15(8-10)28-19(16(12)17(21)24)22-18(25)13-9-11(23(26)27)5-7-14(13)20/h5,7,9-10H,2-4,6,8H2,1H3,(H2,21,24)(H,22,25)/t10-/m0/s1. The number of nitrogens with one attached hydrogen (secondary N) is 1. The van der Waals surface area contributed by atoms with Crippen molar-refractivity contribution in [3.8, 4) is 0 Å². The Balaban J connectivity index is 1.93. The average Bonchev–Trinajstić information content (AvgIpc) is 2.99. The first-order chi connectivity index (χ1) is 13.3. The second kappa shape index (κ2) is 8.28. The van der Waals surface area contributed by atoms with E-state index >= 15 is 0 Å². The summed E-state index contributed by atoms with van der Waals surface area (Å²) < 4.78 is 0. The molecule has 2 amide bonds. The number of carbonyl (C=O) groups is 2. The highest BCUT2D eigenvalue weighted by Gasteiger charge is 2.29. The number of nitrogens with zero attached hydrogens (tertiary/aromatic N) is 1. The number of benzene rings is 1. The molecule has 0 saturated carbocycles. The largest absolute Gasteiger partial charge is 0.365 e. The number of nitrogens with two attached hydrogens (primary N) is 1. The number of hydrogen-bond donors (Lipinski definition) is 2. The highest BCUT2D eigenvalue weighted by atomic mass is 35.5. The molecule has 1 aliphatic carbocycles. The van der Waals surface area contributed by atoms with Gasteiger partial charge in [0.05, 0.1) is 21.1 Å². The van der Waals surface area contributed by atoms with Gasteiger partial charge < -0.3 is 11.1 Å². The Morgan fingerprint density at radius 1 is 1.43 bits per heavy atom. The van der Waals surface area contributed by atoms with E-state index < -0.39 is 16.7 Å². The summed E-state index contributed by atoms with van der Waals surface area (Å²) in [6.45, 7) is 2.15. The van der Waals surface area contributed by atoms with Crippen LogP contribution in [0.25, 0.3) is 0 Å². The van der Waals surface area contributed by atoms with Gasteiger partial charge in [-0.25, -0.2) is 0 Å². The van der Waals surface area contributed by atoms with E-state index in [1.165, 1.54) is 23.5 Å². The van der Waals surface area contributed by atoms with Crippen LogP contribution in [0.5, 0.6) is 0 Å². The molecule has 0 aliphatic heterocycles. The molecule has 0 spiro atoms. The second-order valence-corrected chi connectivity index (χ2v) is 8.36. The number of carbonyl (C=O) groups excluding carboxylic acids is 2. The average molecular weight is 422 g/mol. The number of thiophene rings is 1. The van der Waals surface area contributed by atoms with E-state index in [1.807, 2.05) is 0 Å². The van der Waals surface area contributed by atoms with Gasteiger partial charge in [0.15, 0.2) is 0 Å². The molecule has 0 saturated heterocycles. The van der Waals surface area contributed by atoms with Crippen LogP contribution < -0.4 is 11.1 Å². The zero-order chi connectivity index (χ0) is 20.4. The van der Waals surface area contributed by atoms with E-state index in [1.54, 1.807) is 0 Å². The van der Waals surface area contributed by atoms with Gasteiger partial charge in [0.25, 0.3) is 17.5 Å². The van der Waals surface area contributed by atoms with Gasteiger partial charge >= 0.3 is 0 Å². The maximum absolute atomic E-state index is 12.7. The lowest BCUT2D eigenvalue weighted by Gasteiger charge is -2.21. The van der Waals surface area contributed by atoms with E-state index in [2.05, 4.69) is 12.2 Å². The zero-order valence-corrected chi connectivity index (χ0v) is 16.9. The van der Waals surface area contributed by atoms with Gasteiger partial charge in [0.1, 0.15) is 5.00 Å². The minimum atomic E-state index is -0.611. The fourth-order valence-corrected chi connectivity index (χ4v) is 5.19. The Morgan fingerprint density at radius 2 is 2.18 bits per heavy atom. The molecule has 0 unspecified atom stereocenters. The number of fused-ring (bicyclic) bond motifs is 1. The van der Waals surface area contributed by atoms with Crippen molar-refractivity contribution in [3.63, 3.8) is 0 Å². The molecule has 3 N–H and O–H groups in total. The Labute approximate surface area is 171 Å².